The first-order valence-electron chi connectivity index (χ1n) is 21.2. The topological polar surface area (TPSA) is 4.93 Å². The molecule has 0 fully saturated rings. The van der Waals surface area contributed by atoms with Gasteiger partial charge in [-0.3, -0.25) is 0 Å². The summed E-state index contributed by atoms with van der Waals surface area (Å²) in [6.07, 6.45) is 0. The van der Waals surface area contributed by atoms with Crippen LogP contribution in [0.2, 0.25) is 0 Å². The molecule has 0 aliphatic carbocycles. The zero-order valence-corrected chi connectivity index (χ0v) is 33.3. The van der Waals surface area contributed by atoms with Crippen LogP contribution >= 0.6 is 0 Å². The van der Waals surface area contributed by atoms with Crippen LogP contribution in [0.4, 0.5) is 0 Å². The highest BCUT2D eigenvalue weighted by Gasteiger charge is 2.24. The zero-order chi connectivity index (χ0) is 40.0. The molecule has 61 heavy (non-hydrogen) atoms. The summed E-state index contributed by atoms with van der Waals surface area (Å²) in [5.41, 5.74) is 11.1. The van der Waals surface area contributed by atoms with Gasteiger partial charge in [0.05, 0.1) is 16.7 Å². The molecule has 0 unspecified atom stereocenters. The van der Waals surface area contributed by atoms with Gasteiger partial charge in [0.15, 0.2) is 0 Å². The van der Waals surface area contributed by atoms with Gasteiger partial charge in [-0.15, -0.1) is 0 Å². The number of aromatic nitrogens is 1. The van der Waals surface area contributed by atoms with Crippen LogP contribution in [0.25, 0.3) is 126 Å². The van der Waals surface area contributed by atoms with E-state index in [1.165, 1.54) is 126 Å². The van der Waals surface area contributed by atoms with E-state index in [9.17, 15) is 0 Å². The van der Waals surface area contributed by atoms with Crippen molar-refractivity contribution in [3.63, 3.8) is 0 Å². The van der Waals surface area contributed by atoms with Crippen molar-refractivity contribution < 1.29 is 0 Å². The molecule has 0 aliphatic rings. The quantitative estimate of drug-likeness (QED) is 0.157. The number of rotatable bonds is 4. The first kappa shape index (κ1) is 33.9. The average molecular weight is 772 g/mol. The molecule has 0 bridgehead atoms. The molecule has 282 valence electrons. The Morgan fingerprint density at radius 3 is 1.13 bits per heavy atom. The maximum atomic E-state index is 2.51. The molecular formula is C60H37N. The predicted molar refractivity (Wildman–Crippen MR) is 262 cm³/mol. The van der Waals surface area contributed by atoms with E-state index < -0.39 is 0 Å². The van der Waals surface area contributed by atoms with Gasteiger partial charge in [-0.2, -0.15) is 0 Å². The highest BCUT2D eigenvalue weighted by molar-refractivity contribution is 6.30. The van der Waals surface area contributed by atoms with E-state index in [2.05, 4.69) is 229 Å². The van der Waals surface area contributed by atoms with E-state index in [4.69, 9.17) is 0 Å². The van der Waals surface area contributed by atoms with Gasteiger partial charge in [0.25, 0.3) is 0 Å². The summed E-state index contributed by atoms with van der Waals surface area (Å²) in [6, 6.07) is 83.2. The Morgan fingerprint density at radius 1 is 0.213 bits per heavy atom. The number of hydrogen-bond donors (Lipinski definition) is 0. The molecule has 0 spiro atoms. The lowest BCUT2D eigenvalue weighted by molar-refractivity contribution is 1.21. The summed E-state index contributed by atoms with van der Waals surface area (Å²) < 4.78 is 2.51. The maximum Gasteiger partial charge on any atom is 0.0619 e. The van der Waals surface area contributed by atoms with Gasteiger partial charge in [-0.05, 0) is 112 Å². The van der Waals surface area contributed by atoms with Crippen LogP contribution in [0.15, 0.2) is 224 Å². The second kappa shape index (κ2) is 13.3. The third-order valence-corrected chi connectivity index (χ3v) is 13.1. The van der Waals surface area contributed by atoms with E-state index in [1.807, 2.05) is 0 Å². The monoisotopic (exact) mass is 771 g/mol. The van der Waals surface area contributed by atoms with Crippen molar-refractivity contribution in [3.05, 3.63) is 224 Å². The average Bonchev–Trinajstić information content (AvgIpc) is 3.66. The molecule has 0 radical (unpaired) electrons. The van der Waals surface area contributed by atoms with Gasteiger partial charge in [0.1, 0.15) is 0 Å². The Bertz CT molecular complexity index is 3760. The third-order valence-electron chi connectivity index (χ3n) is 13.1. The van der Waals surface area contributed by atoms with Gasteiger partial charge in [-0.25, -0.2) is 0 Å². The van der Waals surface area contributed by atoms with E-state index in [-0.39, 0.29) is 0 Å². The number of nitrogens with zero attached hydrogens (tertiary/aromatic N) is 1. The highest BCUT2D eigenvalue weighted by Crippen LogP contribution is 2.51. The number of fused-ring (bicyclic) bond motifs is 9. The van der Waals surface area contributed by atoms with E-state index in [0.29, 0.717) is 0 Å². The molecule has 13 aromatic rings. The Balaban J connectivity index is 1.21. The lowest BCUT2D eigenvalue weighted by Gasteiger charge is -2.23. The van der Waals surface area contributed by atoms with Crippen molar-refractivity contribution >= 4 is 86.4 Å². The van der Waals surface area contributed by atoms with Crippen LogP contribution in [0.1, 0.15) is 0 Å². The van der Waals surface area contributed by atoms with Crippen molar-refractivity contribution in [2.24, 2.45) is 0 Å². The number of benzene rings is 12. The summed E-state index contributed by atoms with van der Waals surface area (Å²) in [5.74, 6) is 0. The fraction of sp³-hybridized carbons (Fsp3) is 0. The predicted octanol–water partition coefficient (Wildman–Crippen LogP) is 16.7. The molecule has 1 heterocycles. The fourth-order valence-electron chi connectivity index (χ4n) is 10.6. The van der Waals surface area contributed by atoms with Crippen LogP contribution in [0.3, 0.4) is 0 Å². The van der Waals surface area contributed by atoms with Crippen LogP contribution in [-0.4, -0.2) is 4.57 Å². The molecule has 0 aliphatic heterocycles. The molecule has 0 saturated heterocycles. The summed E-state index contributed by atoms with van der Waals surface area (Å²) >= 11 is 0. The summed E-state index contributed by atoms with van der Waals surface area (Å²) in [7, 11) is 0. The second-order valence-electron chi connectivity index (χ2n) is 16.3. The number of para-hydroxylation sites is 2. The van der Waals surface area contributed by atoms with Crippen molar-refractivity contribution in [3.8, 4) is 39.1 Å². The molecule has 12 aromatic carbocycles. The van der Waals surface area contributed by atoms with Crippen LogP contribution in [0.5, 0.6) is 0 Å². The standard InChI is InChI=1S/C60H37N/c1-2-18-38(19-3-1)56-46-26-8-9-27-47(46)58(50-35-34-41(37-53(50)56)57-42-22-6-4-20-39(42)36-40-21-5-7-23-43(40)57)59-48-28-10-12-30-51(48)60(52-31-13-11-29-49(52)59)61-54-32-16-14-24-44(54)45-25-15-17-33-55(45)61/h1-37H. The van der Waals surface area contributed by atoms with Crippen molar-refractivity contribution in [1.29, 1.82) is 0 Å². The van der Waals surface area contributed by atoms with Crippen molar-refractivity contribution in [2.75, 3.05) is 0 Å². The Hall–Kier alpha value is -8.00. The zero-order valence-electron chi connectivity index (χ0n) is 33.3. The Kier molecular flexibility index (Phi) is 7.37. The summed E-state index contributed by atoms with van der Waals surface area (Å²) in [6.45, 7) is 0. The molecule has 0 saturated carbocycles. The van der Waals surface area contributed by atoms with Gasteiger partial charge in [0.2, 0.25) is 0 Å². The first-order chi connectivity index (χ1) is 30.3. The van der Waals surface area contributed by atoms with Crippen LogP contribution in [-0.2, 0) is 0 Å². The minimum absolute atomic E-state index is 1.21. The molecule has 13 rings (SSSR count). The number of hydrogen-bond acceptors (Lipinski definition) is 0. The van der Waals surface area contributed by atoms with E-state index >= 15 is 0 Å². The van der Waals surface area contributed by atoms with E-state index in [0.717, 1.165) is 0 Å². The SMILES string of the molecule is c1ccc(-c2c3ccccc3c(-c3c4ccccc4c(-n4c5ccccc5c5ccccc54)c4ccccc34)c3ccc(-c4c5ccccc5cc5ccccc45)cc23)cc1. The molecular weight excluding hydrogens is 735 g/mol. The largest absolute Gasteiger partial charge is 0.308 e. The second-order valence-corrected chi connectivity index (χ2v) is 16.3. The maximum absolute atomic E-state index is 2.51. The first-order valence-corrected chi connectivity index (χ1v) is 21.2. The third kappa shape index (κ3) is 4.95. The van der Waals surface area contributed by atoms with Crippen LogP contribution in [0, 0.1) is 0 Å². The Morgan fingerprint density at radius 2 is 0.590 bits per heavy atom. The highest BCUT2D eigenvalue weighted by atomic mass is 15.0. The summed E-state index contributed by atoms with van der Waals surface area (Å²) in [5, 5.41) is 17.5. The van der Waals surface area contributed by atoms with Crippen LogP contribution < -0.4 is 0 Å². The normalized spacial score (nSPS) is 11.9. The van der Waals surface area contributed by atoms with Gasteiger partial charge < -0.3 is 4.57 Å². The molecule has 1 aromatic heterocycles. The molecule has 0 atom stereocenters. The van der Waals surface area contributed by atoms with Gasteiger partial charge in [-0.1, -0.05) is 200 Å². The minimum atomic E-state index is 1.21. The molecule has 1 heteroatoms. The van der Waals surface area contributed by atoms with Gasteiger partial charge in [0, 0.05) is 21.5 Å². The smallest absolute Gasteiger partial charge is 0.0619 e. The lowest BCUT2D eigenvalue weighted by atomic mass is 9.81. The molecule has 1 nitrogen and oxygen atoms in total. The summed E-state index contributed by atoms with van der Waals surface area (Å²) in [4.78, 5) is 0. The fourth-order valence-corrected chi connectivity index (χ4v) is 10.6. The van der Waals surface area contributed by atoms with Crippen molar-refractivity contribution in [2.45, 2.75) is 0 Å². The molecule has 0 amide bonds. The van der Waals surface area contributed by atoms with Gasteiger partial charge >= 0.3 is 0 Å². The van der Waals surface area contributed by atoms with E-state index in [1.54, 1.807) is 0 Å². The Labute approximate surface area is 353 Å². The lowest BCUT2D eigenvalue weighted by Crippen LogP contribution is -2.00. The van der Waals surface area contributed by atoms with Crippen molar-refractivity contribution in [1.82, 2.24) is 4.57 Å². The molecule has 0 N–H and O–H groups in total. The minimum Gasteiger partial charge on any atom is -0.308 e.